The van der Waals surface area contributed by atoms with Crippen LogP contribution in [0.3, 0.4) is 0 Å². The summed E-state index contributed by atoms with van der Waals surface area (Å²) in [5.74, 6) is -0.186. The topological polar surface area (TPSA) is 49.4 Å². The number of nitrogens with zero attached hydrogens (tertiary/aromatic N) is 1. The van der Waals surface area contributed by atoms with Crippen molar-refractivity contribution in [3.05, 3.63) is 35.9 Å². The number of hydrogen-bond donors (Lipinski definition) is 1. The number of carbonyl (C=O) groups excluding carboxylic acids is 2. The maximum Gasteiger partial charge on any atom is 0.232 e. The Balaban J connectivity index is 1.60. The number of likely N-dealkylation sites (tertiary alicyclic amines) is 1. The predicted octanol–water partition coefficient (Wildman–Crippen LogP) is 2.14. The Morgan fingerprint density at radius 3 is 2.48 bits per heavy atom. The second-order valence-electron chi connectivity index (χ2n) is 5.56. The smallest absolute Gasteiger partial charge is 0.232 e. The molecule has 0 spiro atoms. The number of benzene rings is 1. The van der Waals surface area contributed by atoms with Crippen LogP contribution in [0.2, 0.25) is 0 Å². The van der Waals surface area contributed by atoms with E-state index < -0.39 is 0 Å². The molecule has 2 rings (SSSR count). The fourth-order valence-corrected chi connectivity index (χ4v) is 2.62. The van der Waals surface area contributed by atoms with Gasteiger partial charge in [-0.05, 0) is 37.7 Å². The van der Waals surface area contributed by atoms with Gasteiger partial charge in [-0.25, -0.2) is 0 Å². The second kappa shape index (κ2) is 8.45. The predicted molar refractivity (Wildman–Crippen MR) is 82.8 cm³/mol. The first kappa shape index (κ1) is 15.5. The van der Waals surface area contributed by atoms with Crippen LogP contribution in [0.1, 0.15) is 37.7 Å². The number of aryl methyl sites for hydroxylation is 1. The Morgan fingerprint density at radius 1 is 1.05 bits per heavy atom. The summed E-state index contributed by atoms with van der Waals surface area (Å²) < 4.78 is 0. The van der Waals surface area contributed by atoms with E-state index in [0.717, 1.165) is 38.8 Å². The lowest BCUT2D eigenvalue weighted by molar-refractivity contribution is -0.136. The van der Waals surface area contributed by atoms with E-state index in [0.29, 0.717) is 6.54 Å². The van der Waals surface area contributed by atoms with Crippen molar-refractivity contribution in [3.8, 4) is 0 Å². The lowest BCUT2D eigenvalue weighted by Crippen LogP contribution is -2.39. The van der Waals surface area contributed by atoms with E-state index in [1.165, 1.54) is 12.0 Å². The molecule has 1 aromatic rings. The zero-order valence-electron chi connectivity index (χ0n) is 12.5. The van der Waals surface area contributed by atoms with Gasteiger partial charge in [0, 0.05) is 19.6 Å². The van der Waals surface area contributed by atoms with Crippen LogP contribution in [0.25, 0.3) is 0 Å². The summed E-state index contributed by atoms with van der Waals surface area (Å²) in [6.45, 7) is 2.24. The molecule has 114 valence electrons. The van der Waals surface area contributed by atoms with Crippen molar-refractivity contribution in [1.82, 2.24) is 10.2 Å². The number of piperidine rings is 1. The summed E-state index contributed by atoms with van der Waals surface area (Å²) in [6, 6.07) is 10.2. The van der Waals surface area contributed by atoms with Crippen LogP contribution < -0.4 is 5.32 Å². The van der Waals surface area contributed by atoms with Gasteiger partial charge in [0.1, 0.15) is 6.42 Å². The molecule has 0 atom stereocenters. The highest BCUT2D eigenvalue weighted by atomic mass is 16.2. The molecule has 0 radical (unpaired) electrons. The molecule has 0 aromatic heterocycles. The van der Waals surface area contributed by atoms with E-state index in [1.54, 1.807) is 0 Å². The zero-order chi connectivity index (χ0) is 14.9. The molecule has 1 heterocycles. The molecular weight excluding hydrogens is 264 g/mol. The van der Waals surface area contributed by atoms with Gasteiger partial charge < -0.3 is 10.2 Å². The van der Waals surface area contributed by atoms with Crippen LogP contribution in [-0.2, 0) is 16.0 Å². The van der Waals surface area contributed by atoms with Crippen molar-refractivity contribution >= 4 is 11.8 Å². The van der Waals surface area contributed by atoms with Crippen molar-refractivity contribution in [2.45, 2.75) is 38.5 Å². The third kappa shape index (κ3) is 5.58. The van der Waals surface area contributed by atoms with Gasteiger partial charge in [-0.3, -0.25) is 9.59 Å². The fraction of sp³-hybridized carbons (Fsp3) is 0.529. The van der Waals surface area contributed by atoms with Crippen LogP contribution in [-0.4, -0.2) is 36.3 Å². The Labute approximate surface area is 126 Å². The summed E-state index contributed by atoms with van der Waals surface area (Å²) >= 11 is 0. The van der Waals surface area contributed by atoms with E-state index in [4.69, 9.17) is 0 Å². The average molecular weight is 288 g/mol. The highest BCUT2D eigenvalue weighted by Gasteiger charge is 2.18. The summed E-state index contributed by atoms with van der Waals surface area (Å²) in [6.07, 6.45) is 5.14. The summed E-state index contributed by atoms with van der Waals surface area (Å²) in [7, 11) is 0. The lowest BCUT2D eigenvalue weighted by atomic mass is 10.1. The van der Waals surface area contributed by atoms with Gasteiger partial charge in [0.25, 0.3) is 0 Å². The third-order valence-corrected chi connectivity index (χ3v) is 3.83. The first-order chi connectivity index (χ1) is 10.3. The van der Waals surface area contributed by atoms with Crippen molar-refractivity contribution < 1.29 is 9.59 Å². The largest absolute Gasteiger partial charge is 0.356 e. The zero-order valence-corrected chi connectivity index (χ0v) is 12.5. The lowest BCUT2D eigenvalue weighted by Gasteiger charge is -2.26. The number of carbonyl (C=O) groups is 2. The molecule has 1 aromatic carbocycles. The van der Waals surface area contributed by atoms with Gasteiger partial charge in [0.2, 0.25) is 11.8 Å². The van der Waals surface area contributed by atoms with Gasteiger partial charge in [-0.2, -0.15) is 0 Å². The Kier molecular flexibility index (Phi) is 6.25. The molecule has 0 aliphatic carbocycles. The Bertz CT molecular complexity index is 453. The molecule has 1 fully saturated rings. The molecular formula is C17H24N2O2. The number of rotatable bonds is 6. The summed E-state index contributed by atoms with van der Waals surface area (Å²) in [4.78, 5) is 25.5. The highest BCUT2D eigenvalue weighted by molar-refractivity contribution is 5.96. The van der Waals surface area contributed by atoms with Crippen molar-refractivity contribution in [2.24, 2.45) is 0 Å². The highest BCUT2D eigenvalue weighted by Crippen LogP contribution is 2.09. The molecule has 4 nitrogen and oxygen atoms in total. The molecule has 0 unspecified atom stereocenters. The van der Waals surface area contributed by atoms with E-state index >= 15 is 0 Å². The molecule has 1 N–H and O–H groups in total. The van der Waals surface area contributed by atoms with Crippen LogP contribution >= 0.6 is 0 Å². The summed E-state index contributed by atoms with van der Waals surface area (Å²) in [5, 5.41) is 2.84. The maximum absolute atomic E-state index is 11.9. The van der Waals surface area contributed by atoms with Gasteiger partial charge in [-0.1, -0.05) is 30.3 Å². The first-order valence-corrected chi connectivity index (χ1v) is 7.84. The van der Waals surface area contributed by atoms with Crippen molar-refractivity contribution in [2.75, 3.05) is 19.6 Å². The fourth-order valence-electron chi connectivity index (χ4n) is 2.62. The molecule has 21 heavy (non-hydrogen) atoms. The van der Waals surface area contributed by atoms with Crippen molar-refractivity contribution in [1.29, 1.82) is 0 Å². The third-order valence-electron chi connectivity index (χ3n) is 3.83. The molecule has 2 amide bonds. The Morgan fingerprint density at radius 2 is 1.76 bits per heavy atom. The molecule has 0 saturated carbocycles. The van der Waals surface area contributed by atoms with Gasteiger partial charge in [-0.15, -0.1) is 0 Å². The van der Waals surface area contributed by atoms with E-state index in [2.05, 4.69) is 17.4 Å². The number of hydrogen-bond acceptors (Lipinski definition) is 2. The van der Waals surface area contributed by atoms with Crippen LogP contribution in [0.15, 0.2) is 30.3 Å². The molecule has 0 bridgehead atoms. The Hall–Kier alpha value is -1.84. The molecule has 1 aliphatic heterocycles. The van der Waals surface area contributed by atoms with Crippen LogP contribution in [0, 0.1) is 0 Å². The first-order valence-electron chi connectivity index (χ1n) is 7.84. The van der Waals surface area contributed by atoms with Crippen LogP contribution in [0.5, 0.6) is 0 Å². The standard InChI is InChI=1S/C17H24N2O2/c20-16(14-17(21)19-12-5-2-6-13-19)18-11-7-10-15-8-3-1-4-9-15/h1,3-4,8-9H,2,5-7,10-14H2,(H,18,20). The maximum atomic E-state index is 11.9. The minimum absolute atomic E-state index is 0.00859. The van der Waals surface area contributed by atoms with Crippen molar-refractivity contribution in [3.63, 3.8) is 0 Å². The van der Waals surface area contributed by atoms with Crippen LogP contribution in [0.4, 0.5) is 0 Å². The SMILES string of the molecule is O=C(CC(=O)N1CCCCC1)NCCCc1ccccc1. The monoisotopic (exact) mass is 288 g/mol. The number of nitrogens with one attached hydrogen (secondary N) is 1. The quantitative estimate of drug-likeness (QED) is 0.644. The van der Waals surface area contributed by atoms with E-state index in [1.807, 2.05) is 23.1 Å². The molecule has 1 saturated heterocycles. The average Bonchev–Trinajstić information content (AvgIpc) is 2.53. The van der Waals surface area contributed by atoms with Gasteiger partial charge in [0.15, 0.2) is 0 Å². The van der Waals surface area contributed by atoms with E-state index in [-0.39, 0.29) is 18.2 Å². The summed E-state index contributed by atoms with van der Waals surface area (Å²) in [5.41, 5.74) is 1.27. The molecule has 4 heteroatoms. The normalized spacial score (nSPS) is 14.8. The minimum atomic E-state index is -0.154. The van der Waals surface area contributed by atoms with Gasteiger partial charge in [0.05, 0.1) is 0 Å². The second-order valence-corrected chi connectivity index (χ2v) is 5.56. The van der Waals surface area contributed by atoms with Gasteiger partial charge >= 0.3 is 0 Å². The van der Waals surface area contributed by atoms with E-state index in [9.17, 15) is 9.59 Å². The molecule has 1 aliphatic rings. The minimum Gasteiger partial charge on any atom is -0.356 e. The number of amides is 2.